The Kier molecular flexibility index (Phi) is 7.33. The van der Waals surface area contributed by atoms with Gasteiger partial charge in [0.25, 0.3) is 0 Å². The first-order valence-electron chi connectivity index (χ1n) is 7.65. The smallest absolute Gasteiger partial charge is 0.226 e. The minimum Gasteiger partial charge on any atom is -0.494 e. The highest BCUT2D eigenvalue weighted by atomic mass is 35.5. The Hall–Kier alpha value is -1.31. The van der Waals surface area contributed by atoms with E-state index in [-0.39, 0.29) is 5.91 Å². The molecule has 8 heteroatoms. The molecule has 1 aromatic carbocycles. The van der Waals surface area contributed by atoms with E-state index in [1.54, 1.807) is 11.8 Å². The molecule has 1 heterocycles. The molecule has 0 fully saturated rings. The molecule has 130 valence electrons. The second-order valence-electron chi connectivity index (χ2n) is 5.18. The number of halogens is 1. The van der Waals surface area contributed by atoms with Crippen molar-refractivity contribution in [2.45, 2.75) is 38.0 Å². The summed E-state index contributed by atoms with van der Waals surface area (Å²) >= 11 is 9.13. The fourth-order valence-corrected chi connectivity index (χ4v) is 3.81. The second-order valence-corrected chi connectivity index (χ2v) is 8.04. The monoisotopic (exact) mass is 385 g/mol. The maximum atomic E-state index is 11.9. The van der Waals surface area contributed by atoms with E-state index in [2.05, 4.69) is 15.5 Å². The molecule has 0 spiro atoms. The number of aromatic nitrogens is 2. The molecule has 0 aliphatic heterocycles. The van der Waals surface area contributed by atoms with Gasteiger partial charge in [-0.1, -0.05) is 41.6 Å². The number of aryl methyl sites for hydroxylation is 2. The Morgan fingerprint density at radius 3 is 2.71 bits per heavy atom. The van der Waals surface area contributed by atoms with Gasteiger partial charge < -0.3 is 10.1 Å². The van der Waals surface area contributed by atoms with Crippen LogP contribution in [0, 0.1) is 13.8 Å². The summed E-state index contributed by atoms with van der Waals surface area (Å²) in [4.78, 5) is 11.9. The second kappa shape index (κ2) is 9.25. The Morgan fingerprint density at radius 2 is 2.04 bits per heavy atom. The van der Waals surface area contributed by atoms with Crippen molar-refractivity contribution in [3.63, 3.8) is 0 Å². The third kappa shape index (κ3) is 5.65. The summed E-state index contributed by atoms with van der Waals surface area (Å²) in [5, 5.41) is 12.0. The van der Waals surface area contributed by atoms with E-state index >= 15 is 0 Å². The molecule has 0 saturated heterocycles. The first-order chi connectivity index (χ1) is 11.5. The zero-order valence-electron chi connectivity index (χ0n) is 13.9. The van der Waals surface area contributed by atoms with Crippen molar-refractivity contribution in [2.24, 2.45) is 0 Å². The molecule has 0 bridgehead atoms. The lowest BCUT2D eigenvalue weighted by Gasteiger charge is -2.09. The zero-order valence-corrected chi connectivity index (χ0v) is 16.3. The lowest BCUT2D eigenvalue weighted by Crippen LogP contribution is -2.12. The molecule has 0 radical (unpaired) electrons. The molecular formula is C16H20ClN3O2S2. The van der Waals surface area contributed by atoms with Gasteiger partial charge in [-0.15, -0.1) is 10.2 Å². The van der Waals surface area contributed by atoms with Crippen molar-refractivity contribution in [3.8, 4) is 5.75 Å². The number of hydrogen-bond donors (Lipinski definition) is 1. The van der Waals surface area contributed by atoms with Crippen LogP contribution in [0.4, 0.5) is 5.13 Å². The van der Waals surface area contributed by atoms with Gasteiger partial charge in [0, 0.05) is 11.4 Å². The number of nitrogens with one attached hydrogen (secondary N) is 1. The number of rotatable bonds is 8. The van der Waals surface area contributed by atoms with Crippen molar-refractivity contribution in [3.05, 3.63) is 28.3 Å². The Balaban J connectivity index is 1.72. The van der Waals surface area contributed by atoms with E-state index < -0.39 is 0 Å². The summed E-state index contributed by atoms with van der Waals surface area (Å²) in [6.07, 6.45) is 1.00. The largest absolute Gasteiger partial charge is 0.494 e. The summed E-state index contributed by atoms with van der Waals surface area (Å²) in [5.74, 6) is 1.63. The lowest BCUT2D eigenvalue weighted by atomic mass is 10.1. The number of nitrogens with zero attached hydrogens (tertiary/aromatic N) is 2. The predicted octanol–water partition coefficient (Wildman–Crippen LogP) is 4.72. The maximum absolute atomic E-state index is 11.9. The topological polar surface area (TPSA) is 64.1 Å². The lowest BCUT2D eigenvalue weighted by molar-refractivity contribution is -0.116. The highest BCUT2D eigenvalue weighted by molar-refractivity contribution is 8.01. The predicted molar refractivity (Wildman–Crippen MR) is 101 cm³/mol. The summed E-state index contributed by atoms with van der Waals surface area (Å²) in [7, 11) is 0. The SMILES string of the molecule is CCSc1nnc(NC(=O)CCCOc2cc(C)c(Cl)c(C)c2)s1. The van der Waals surface area contributed by atoms with Crippen molar-refractivity contribution < 1.29 is 9.53 Å². The van der Waals surface area contributed by atoms with Crippen LogP contribution in [0.15, 0.2) is 16.5 Å². The molecule has 1 N–H and O–H groups in total. The van der Waals surface area contributed by atoms with Gasteiger partial charge in [-0.25, -0.2) is 0 Å². The number of ether oxygens (including phenoxy) is 1. The van der Waals surface area contributed by atoms with Crippen molar-refractivity contribution >= 4 is 45.7 Å². The van der Waals surface area contributed by atoms with Gasteiger partial charge in [-0.2, -0.15) is 0 Å². The molecule has 0 unspecified atom stereocenters. The average Bonchev–Trinajstić information content (AvgIpc) is 2.96. The molecule has 0 aliphatic rings. The van der Waals surface area contributed by atoms with Gasteiger partial charge in [-0.3, -0.25) is 4.79 Å². The molecule has 1 amide bonds. The quantitative estimate of drug-likeness (QED) is 0.404. The average molecular weight is 386 g/mol. The summed E-state index contributed by atoms with van der Waals surface area (Å²) in [6, 6.07) is 3.81. The minimum atomic E-state index is -0.0775. The van der Waals surface area contributed by atoms with Crippen LogP contribution in [0.1, 0.15) is 30.9 Å². The molecule has 5 nitrogen and oxygen atoms in total. The standard InChI is InChI=1S/C16H20ClN3O2S2/c1-4-23-16-20-19-15(24-16)18-13(21)6-5-7-22-12-8-10(2)14(17)11(3)9-12/h8-9H,4-7H2,1-3H3,(H,18,19,21). The Labute approximate surface area is 155 Å². The van der Waals surface area contributed by atoms with Crippen LogP contribution in [0.3, 0.4) is 0 Å². The summed E-state index contributed by atoms with van der Waals surface area (Å²) in [5.41, 5.74) is 1.97. The third-order valence-electron chi connectivity index (χ3n) is 3.15. The fraction of sp³-hybridized carbons (Fsp3) is 0.438. The Morgan fingerprint density at radius 1 is 1.33 bits per heavy atom. The van der Waals surface area contributed by atoms with Crippen LogP contribution >= 0.6 is 34.7 Å². The van der Waals surface area contributed by atoms with E-state index in [9.17, 15) is 4.79 Å². The normalized spacial score (nSPS) is 10.7. The minimum absolute atomic E-state index is 0.0775. The molecule has 1 aromatic heterocycles. The summed E-state index contributed by atoms with van der Waals surface area (Å²) in [6.45, 7) is 6.42. The van der Waals surface area contributed by atoms with Gasteiger partial charge in [0.15, 0.2) is 4.34 Å². The zero-order chi connectivity index (χ0) is 17.5. The number of thioether (sulfide) groups is 1. The third-order valence-corrected chi connectivity index (χ3v) is 5.60. The van der Waals surface area contributed by atoms with Gasteiger partial charge >= 0.3 is 0 Å². The van der Waals surface area contributed by atoms with Gasteiger partial charge in [0.05, 0.1) is 6.61 Å². The molecule has 2 rings (SSSR count). The van der Waals surface area contributed by atoms with E-state index in [0.717, 1.165) is 32.0 Å². The first-order valence-corrected chi connectivity index (χ1v) is 9.83. The van der Waals surface area contributed by atoms with Gasteiger partial charge in [0.1, 0.15) is 5.75 Å². The van der Waals surface area contributed by atoms with E-state index in [1.165, 1.54) is 11.3 Å². The highest BCUT2D eigenvalue weighted by Crippen LogP contribution is 2.26. The van der Waals surface area contributed by atoms with Crippen molar-refractivity contribution in [2.75, 3.05) is 17.7 Å². The van der Waals surface area contributed by atoms with Crippen LogP contribution in [0.25, 0.3) is 0 Å². The van der Waals surface area contributed by atoms with E-state index in [0.29, 0.717) is 24.6 Å². The number of benzene rings is 1. The van der Waals surface area contributed by atoms with Crippen LogP contribution in [-0.4, -0.2) is 28.5 Å². The number of amides is 1. The highest BCUT2D eigenvalue weighted by Gasteiger charge is 2.08. The molecule has 0 aliphatic carbocycles. The first kappa shape index (κ1) is 19.0. The Bertz CT molecular complexity index is 683. The molecule has 0 saturated carbocycles. The van der Waals surface area contributed by atoms with Gasteiger partial charge in [-0.05, 0) is 49.3 Å². The number of anilines is 1. The van der Waals surface area contributed by atoms with E-state index in [4.69, 9.17) is 16.3 Å². The van der Waals surface area contributed by atoms with Crippen LogP contribution in [0.5, 0.6) is 5.75 Å². The number of carbonyl (C=O) groups is 1. The molecule has 2 aromatic rings. The number of hydrogen-bond acceptors (Lipinski definition) is 6. The van der Waals surface area contributed by atoms with Gasteiger partial charge in [0.2, 0.25) is 11.0 Å². The molecule has 0 atom stereocenters. The molecular weight excluding hydrogens is 366 g/mol. The summed E-state index contributed by atoms with van der Waals surface area (Å²) < 4.78 is 6.56. The van der Waals surface area contributed by atoms with Crippen LogP contribution in [-0.2, 0) is 4.79 Å². The van der Waals surface area contributed by atoms with Crippen LogP contribution in [0.2, 0.25) is 5.02 Å². The van der Waals surface area contributed by atoms with Crippen molar-refractivity contribution in [1.29, 1.82) is 0 Å². The van der Waals surface area contributed by atoms with E-state index in [1.807, 2.05) is 32.9 Å². The maximum Gasteiger partial charge on any atom is 0.226 e. The molecule has 24 heavy (non-hydrogen) atoms. The number of carbonyl (C=O) groups excluding carboxylic acids is 1. The van der Waals surface area contributed by atoms with Crippen molar-refractivity contribution in [1.82, 2.24) is 10.2 Å². The fourth-order valence-electron chi connectivity index (χ4n) is 2.04. The van der Waals surface area contributed by atoms with Crippen LogP contribution < -0.4 is 10.1 Å².